The van der Waals surface area contributed by atoms with E-state index in [1.807, 2.05) is 20.0 Å². The van der Waals surface area contributed by atoms with E-state index >= 15 is 0 Å². The second-order valence-electron chi connectivity index (χ2n) is 5.53. The molecule has 0 radical (unpaired) electrons. The van der Waals surface area contributed by atoms with Gasteiger partial charge >= 0.3 is 0 Å². The molecule has 22 heavy (non-hydrogen) atoms. The molecule has 1 amide bonds. The number of carbonyl (C=O) groups excluding carboxylic acids is 1. The molecule has 3 rings (SSSR count). The van der Waals surface area contributed by atoms with Gasteiger partial charge in [0, 0.05) is 24.9 Å². The van der Waals surface area contributed by atoms with Crippen molar-refractivity contribution in [2.24, 2.45) is 13.0 Å². The summed E-state index contributed by atoms with van der Waals surface area (Å²) < 4.78 is 2.29. The molecule has 0 bridgehead atoms. The first kappa shape index (κ1) is 14.6. The van der Waals surface area contributed by atoms with Gasteiger partial charge in [-0.25, -0.2) is 0 Å². The van der Waals surface area contributed by atoms with Crippen molar-refractivity contribution in [1.82, 2.24) is 19.7 Å². The summed E-state index contributed by atoms with van der Waals surface area (Å²) in [5, 5.41) is 9.74. The van der Waals surface area contributed by atoms with Crippen molar-refractivity contribution in [3.8, 4) is 11.4 Å². The van der Waals surface area contributed by atoms with Crippen LogP contribution in [0.3, 0.4) is 0 Å². The molecule has 0 atom stereocenters. The molecule has 1 saturated carbocycles. The Bertz CT molecular complexity index is 800. The summed E-state index contributed by atoms with van der Waals surface area (Å²) >= 11 is 5.10. The minimum atomic E-state index is -0.126. The van der Waals surface area contributed by atoms with Crippen LogP contribution in [-0.2, 0) is 11.8 Å². The van der Waals surface area contributed by atoms with Crippen molar-refractivity contribution in [3.63, 3.8) is 0 Å². The van der Waals surface area contributed by atoms with Crippen LogP contribution in [0.5, 0.6) is 0 Å². The molecule has 0 saturated heterocycles. The van der Waals surface area contributed by atoms with Crippen LogP contribution >= 0.6 is 12.2 Å². The smallest absolute Gasteiger partial charge is 0.248 e. The molecule has 2 heterocycles. The molecule has 6 nitrogen and oxygen atoms in total. The van der Waals surface area contributed by atoms with Crippen LogP contribution in [0.15, 0.2) is 30.1 Å². The molecule has 0 spiro atoms. The van der Waals surface area contributed by atoms with E-state index in [-0.39, 0.29) is 5.91 Å². The molecular formula is C15H17N5OS. The second kappa shape index (κ2) is 5.84. The number of hydrogen-bond acceptors (Lipinski definition) is 4. The first-order chi connectivity index (χ1) is 10.5. The van der Waals surface area contributed by atoms with Crippen molar-refractivity contribution < 1.29 is 4.79 Å². The summed E-state index contributed by atoms with van der Waals surface area (Å²) in [5.41, 5.74) is 2.56. The molecule has 0 aromatic carbocycles. The van der Waals surface area contributed by atoms with E-state index in [0.29, 0.717) is 22.2 Å². The number of nitrogens with one attached hydrogen (secondary N) is 2. The lowest BCUT2D eigenvalue weighted by atomic mass is 10.2. The predicted octanol–water partition coefficient (Wildman–Crippen LogP) is 2.83. The summed E-state index contributed by atoms with van der Waals surface area (Å²) in [6.45, 7) is 2.00. The summed E-state index contributed by atoms with van der Waals surface area (Å²) in [6.07, 6.45) is 7.34. The molecular weight excluding hydrogens is 298 g/mol. The largest absolute Gasteiger partial charge is 0.321 e. The lowest BCUT2D eigenvalue weighted by molar-refractivity contribution is -0.112. The highest BCUT2D eigenvalue weighted by molar-refractivity contribution is 7.71. The standard InChI is InChI=1S/C15H17N5OS/c1-9(10-3-4-10)5-13(21)17-12-6-11(7-16-8-12)14-18-19-15(22)20(14)2/h5-8,10H,3-4H2,1-2H3,(H,17,21)(H,19,22)/b9-5-. The van der Waals surface area contributed by atoms with E-state index in [9.17, 15) is 4.79 Å². The van der Waals surface area contributed by atoms with Gasteiger partial charge in [0.15, 0.2) is 10.6 Å². The number of amides is 1. The Balaban J connectivity index is 1.79. The zero-order valence-electron chi connectivity index (χ0n) is 12.5. The van der Waals surface area contributed by atoms with Gasteiger partial charge in [-0.3, -0.25) is 14.9 Å². The maximum Gasteiger partial charge on any atom is 0.248 e. The number of aromatic nitrogens is 4. The van der Waals surface area contributed by atoms with E-state index in [1.165, 1.54) is 12.8 Å². The molecule has 2 aromatic heterocycles. The van der Waals surface area contributed by atoms with Crippen molar-refractivity contribution in [2.75, 3.05) is 5.32 Å². The minimum absolute atomic E-state index is 0.126. The molecule has 114 valence electrons. The van der Waals surface area contributed by atoms with Crippen LogP contribution in [0, 0.1) is 10.7 Å². The molecule has 1 aliphatic rings. The number of carbonyl (C=O) groups is 1. The van der Waals surface area contributed by atoms with Crippen LogP contribution < -0.4 is 5.32 Å². The number of H-pyrrole nitrogens is 1. The topological polar surface area (TPSA) is 75.6 Å². The highest BCUT2D eigenvalue weighted by atomic mass is 32.1. The normalized spacial score (nSPS) is 14.9. The highest BCUT2D eigenvalue weighted by Gasteiger charge is 2.23. The molecule has 0 unspecified atom stereocenters. The zero-order chi connectivity index (χ0) is 15.7. The SMILES string of the molecule is C/C(=C/C(=O)Nc1cncc(-c2n[nH]c(=S)n2C)c1)C1CC1. The minimum Gasteiger partial charge on any atom is -0.321 e. The van der Waals surface area contributed by atoms with Crippen molar-refractivity contribution in [3.05, 3.63) is 34.9 Å². The summed E-state index contributed by atoms with van der Waals surface area (Å²) in [5.74, 6) is 1.14. The Morgan fingerprint density at radius 1 is 1.50 bits per heavy atom. The Morgan fingerprint density at radius 3 is 2.91 bits per heavy atom. The first-order valence-electron chi connectivity index (χ1n) is 7.10. The number of nitrogens with zero attached hydrogens (tertiary/aromatic N) is 3. The van der Waals surface area contributed by atoms with Gasteiger partial charge in [0.05, 0.1) is 11.9 Å². The van der Waals surface area contributed by atoms with Crippen LogP contribution in [-0.4, -0.2) is 25.7 Å². The van der Waals surface area contributed by atoms with Gasteiger partial charge in [-0.05, 0) is 44.0 Å². The van der Waals surface area contributed by atoms with Gasteiger partial charge in [0.1, 0.15) is 0 Å². The molecule has 2 N–H and O–H groups in total. The third-order valence-corrected chi connectivity index (χ3v) is 4.09. The third kappa shape index (κ3) is 3.14. The highest BCUT2D eigenvalue weighted by Crippen LogP contribution is 2.35. The fourth-order valence-electron chi connectivity index (χ4n) is 2.28. The van der Waals surface area contributed by atoms with Gasteiger partial charge in [0.25, 0.3) is 0 Å². The van der Waals surface area contributed by atoms with Crippen LogP contribution in [0.2, 0.25) is 0 Å². The van der Waals surface area contributed by atoms with E-state index in [2.05, 4.69) is 20.5 Å². The monoisotopic (exact) mass is 315 g/mol. The van der Waals surface area contributed by atoms with Gasteiger partial charge in [-0.15, -0.1) is 0 Å². The number of rotatable bonds is 4. The summed E-state index contributed by atoms with van der Waals surface area (Å²) in [7, 11) is 1.83. The van der Waals surface area contributed by atoms with Crippen LogP contribution in [0.1, 0.15) is 19.8 Å². The Morgan fingerprint density at radius 2 is 2.27 bits per heavy atom. The quantitative estimate of drug-likeness (QED) is 0.672. The maximum atomic E-state index is 12.0. The molecule has 0 aliphatic heterocycles. The molecule has 7 heteroatoms. The third-order valence-electron chi connectivity index (χ3n) is 3.72. The lowest BCUT2D eigenvalue weighted by Gasteiger charge is -2.05. The van der Waals surface area contributed by atoms with Crippen LogP contribution in [0.25, 0.3) is 11.4 Å². The van der Waals surface area contributed by atoms with Gasteiger partial charge in [-0.1, -0.05) is 5.57 Å². The lowest BCUT2D eigenvalue weighted by Crippen LogP contribution is -2.09. The van der Waals surface area contributed by atoms with Crippen molar-refractivity contribution >= 4 is 23.8 Å². The second-order valence-corrected chi connectivity index (χ2v) is 5.91. The zero-order valence-corrected chi connectivity index (χ0v) is 13.3. The summed E-state index contributed by atoms with van der Waals surface area (Å²) in [6, 6.07) is 1.83. The molecule has 2 aromatic rings. The van der Waals surface area contributed by atoms with Gasteiger partial charge in [-0.2, -0.15) is 5.10 Å². The first-order valence-corrected chi connectivity index (χ1v) is 7.51. The Kier molecular flexibility index (Phi) is 3.89. The average Bonchev–Trinajstić information content (AvgIpc) is 3.27. The molecule has 1 aliphatic carbocycles. The number of pyridine rings is 1. The number of aromatic amines is 1. The van der Waals surface area contributed by atoms with E-state index in [1.54, 1.807) is 23.0 Å². The van der Waals surface area contributed by atoms with E-state index < -0.39 is 0 Å². The van der Waals surface area contributed by atoms with Gasteiger partial charge in [0.2, 0.25) is 5.91 Å². The predicted molar refractivity (Wildman–Crippen MR) is 86.7 cm³/mol. The number of allylic oxidation sites excluding steroid dienone is 1. The van der Waals surface area contributed by atoms with Crippen molar-refractivity contribution in [2.45, 2.75) is 19.8 Å². The van der Waals surface area contributed by atoms with E-state index in [0.717, 1.165) is 11.1 Å². The Labute approximate surface area is 133 Å². The van der Waals surface area contributed by atoms with Crippen LogP contribution in [0.4, 0.5) is 5.69 Å². The number of anilines is 1. The summed E-state index contributed by atoms with van der Waals surface area (Å²) in [4.78, 5) is 16.2. The average molecular weight is 315 g/mol. The maximum absolute atomic E-state index is 12.0. The fourth-order valence-corrected chi connectivity index (χ4v) is 2.41. The fraction of sp³-hybridized carbons (Fsp3) is 0.333. The van der Waals surface area contributed by atoms with Crippen molar-refractivity contribution in [1.29, 1.82) is 0 Å². The molecule has 1 fully saturated rings. The number of hydrogen-bond donors (Lipinski definition) is 2. The Hall–Kier alpha value is -2.28. The van der Waals surface area contributed by atoms with E-state index in [4.69, 9.17) is 12.2 Å². The van der Waals surface area contributed by atoms with Gasteiger partial charge < -0.3 is 9.88 Å².